The van der Waals surface area contributed by atoms with Crippen LogP contribution in [0.4, 0.5) is 0 Å². The molecule has 1 amide bonds. The smallest absolute Gasteiger partial charge is 0.258 e. The van der Waals surface area contributed by atoms with Gasteiger partial charge < -0.3 is 15.2 Å². The molecule has 0 atom stereocenters. The van der Waals surface area contributed by atoms with Crippen LogP contribution >= 0.6 is 23.2 Å². The van der Waals surface area contributed by atoms with Gasteiger partial charge in [-0.2, -0.15) is 0 Å². The fourth-order valence-corrected chi connectivity index (χ4v) is 2.22. The number of carbonyl (C=O) groups excluding carboxylic acids is 1. The number of aliphatic hydroxyl groups is 1. The van der Waals surface area contributed by atoms with Gasteiger partial charge in [0.25, 0.3) is 5.91 Å². The summed E-state index contributed by atoms with van der Waals surface area (Å²) < 4.78 is 5.35. The van der Waals surface area contributed by atoms with E-state index in [2.05, 4.69) is 5.32 Å². The SMILES string of the molecule is CCC(CC)(CO)NC(=O)COc1ccc(Cl)cc1Cl. The molecule has 0 fully saturated rings. The Morgan fingerprint density at radius 1 is 1.35 bits per heavy atom. The second-order valence-electron chi connectivity index (χ2n) is 4.56. The van der Waals surface area contributed by atoms with Gasteiger partial charge in [-0.25, -0.2) is 0 Å². The molecule has 1 rings (SSSR count). The molecule has 0 bridgehead atoms. The van der Waals surface area contributed by atoms with Crippen LogP contribution in [0.5, 0.6) is 5.75 Å². The van der Waals surface area contributed by atoms with E-state index in [0.717, 1.165) is 0 Å². The van der Waals surface area contributed by atoms with E-state index in [0.29, 0.717) is 28.6 Å². The number of carbonyl (C=O) groups is 1. The summed E-state index contributed by atoms with van der Waals surface area (Å²) in [6, 6.07) is 4.79. The predicted octanol–water partition coefficient (Wildman–Crippen LogP) is 3.04. The Morgan fingerprint density at radius 3 is 2.50 bits per heavy atom. The van der Waals surface area contributed by atoms with Crippen molar-refractivity contribution in [2.75, 3.05) is 13.2 Å². The van der Waals surface area contributed by atoms with Gasteiger partial charge in [0.1, 0.15) is 5.75 Å². The summed E-state index contributed by atoms with van der Waals surface area (Å²) in [7, 11) is 0. The number of hydrogen-bond donors (Lipinski definition) is 2. The Hall–Kier alpha value is -0.970. The molecule has 2 N–H and O–H groups in total. The van der Waals surface area contributed by atoms with Crippen molar-refractivity contribution in [3.63, 3.8) is 0 Å². The Labute approximate surface area is 129 Å². The number of hydrogen-bond acceptors (Lipinski definition) is 3. The number of halogens is 2. The molecule has 1 aromatic rings. The van der Waals surface area contributed by atoms with E-state index >= 15 is 0 Å². The van der Waals surface area contributed by atoms with Gasteiger partial charge in [0.15, 0.2) is 6.61 Å². The van der Waals surface area contributed by atoms with Gasteiger partial charge in [-0.3, -0.25) is 4.79 Å². The first-order valence-corrected chi connectivity index (χ1v) is 7.21. The van der Waals surface area contributed by atoms with Gasteiger partial charge in [-0.15, -0.1) is 0 Å². The molecule has 0 aliphatic heterocycles. The topological polar surface area (TPSA) is 58.6 Å². The molecule has 0 spiro atoms. The number of aliphatic hydroxyl groups excluding tert-OH is 1. The highest BCUT2D eigenvalue weighted by Crippen LogP contribution is 2.27. The summed E-state index contributed by atoms with van der Waals surface area (Å²) >= 11 is 11.7. The molecule has 0 aliphatic carbocycles. The van der Waals surface area contributed by atoms with E-state index in [-0.39, 0.29) is 19.1 Å². The quantitative estimate of drug-likeness (QED) is 0.812. The summed E-state index contributed by atoms with van der Waals surface area (Å²) in [6.45, 7) is 3.56. The molecule has 0 heterocycles. The fraction of sp³-hybridized carbons (Fsp3) is 0.500. The lowest BCUT2D eigenvalue weighted by Crippen LogP contribution is -2.51. The zero-order chi connectivity index (χ0) is 15.2. The van der Waals surface area contributed by atoms with Crippen molar-refractivity contribution in [3.05, 3.63) is 28.2 Å². The molecule has 0 unspecified atom stereocenters. The van der Waals surface area contributed by atoms with Crippen molar-refractivity contribution in [2.45, 2.75) is 32.2 Å². The van der Waals surface area contributed by atoms with Crippen LogP contribution in [0.15, 0.2) is 18.2 Å². The van der Waals surface area contributed by atoms with Gasteiger partial charge in [0, 0.05) is 5.02 Å². The van der Waals surface area contributed by atoms with Crippen LogP contribution in [-0.2, 0) is 4.79 Å². The third kappa shape index (κ3) is 4.54. The summed E-state index contributed by atoms with van der Waals surface area (Å²) in [5.74, 6) is 0.0996. The first-order valence-electron chi connectivity index (χ1n) is 6.46. The van der Waals surface area contributed by atoms with Crippen LogP contribution in [0.2, 0.25) is 10.0 Å². The lowest BCUT2D eigenvalue weighted by molar-refractivity contribution is -0.125. The first kappa shape index (κ1) is 17.1. The largest absolute Gasteiger partial charge is 0.482 e. The van der Waals surface area contributed by atoms with Crippen molar-refractivity contribution in [2.24, 2.45) is 0 Å². The lowest BCUT2D eigenvalue weighted by Gasteiger charge is -2.30. The van der Waals surface area contributed by atoms with Crippen LogP contribution < -0.4 is 10.1 Å². The molecule has 1 aromatic carbocycles. The average Bonchev–Trinajstić information content (AvgIpc) is 2.44. The Balaban J connectivity index is 2.59. The fourth-order valence-electron chi connectivity index (χ4n) is 1.76. The molecule has 6 heteroatoms. The molecular formula is C14H19Cl2NO3. The zero-order valence-electron chi connectivity index (χ0n) is 11.6. The summed E-state index contributed by atoms with van der Waals surface area (Å²) in [5, 5.41) is 13.0. The number of benzene rings is 1. The maximum atomic E-state index is 11.9. The lowest BCUT2D eigenvalue weighted by atomic mass is 9.94. The van der Waals surface area contributed by atoms with Gasteiger partial charge in [0.2, 0.25) is 0 Å². The van der Waals surface area contributed by atoms with Gasteiger partial charge in [-0.05, 0) is 31.0 Å². The molecule has 20 heavy (non-hydrogen) atoms. The highest BCUT2D eigenvalue weighted by molar-refractivity contribution is 6.35. The van der Waals surface area contributed by atoms with Crippen molar-refractivity contribution < 1.29 is 14.6 Å². The van der Waals surface area contributed by atoms with Crippen LogP contribution in [0.25, 0.3) is 0 Å². The first-order chi connectivity index (χ1) is 9.46. The Bertz CT molecular complexity index is 453. The normalized spacial score (nSPS) is 11.2. The maximum Gasteiger partial charge on any atom is 0.258 e. The van der Waals surface area contributed by atoms with E-state index in [1.165, 1.54) is 0 Å². The molecule has 0 aliphatic rings. The third-order valence-electron chi connectivity index (χ3n) is 3.31. The number of amides is 1. The van der Waals surface area contributed by atoms with Crippen LogP contribution in [0, 0.1) is 0 Å². The molecule has 0 radical (unpaired) electrons. The van der Waals surface area contributed by atoms with E-state index in [9.17, 15) is 9.90 Å². The monoisotopic (exact) mass is 319 g/mol. The van der Waals surface area contributed by atoms with Crippen molar-refractivity contribution >= 4 is 29.1 Å². The Morgan fingerprint density at radius 2 is 2.00 bits per heavy atom. The second kappa shape index (κ2) is 7.72. The second-order valence-corrected chi connectivity index (χ2v) is 5.40. The average molecular weight is 320 g/mol. The number of rotatable bonds is 7. The molecule has 0 aromatic heterocycles. The standard InChI is InChI=1S/C14H19Cl2NO3/c1-3-14(4-2,9-18)17-13(19)8-20-12-6-5-10(15)7-11(12)16/h5-7,18H,3-4,8-9H2,1-2H3,(H,17,19). The van der Waals surface area contributed by atoms with Gasteiger partial charge >= 0.3 is 0 Å². The summed E-state index contributed by atoms with van der Waals surface area (Å²) in [5.41, 5.74) is -0.593. The molecular weight excluding hydrogens is 301 g/mol. The molecule has 112 valence electrons. The predicted molar refractivity (Wildman–Crippen MR) is 80.5 cm³/mol. The van der Waals surface area contributed by atoms with Crippen LogP contribution in [0.1, 0.15) is 26.7 Å². The van der Waals surface area contributed by atoms with E-state index in [1.807, 2.05) is 13.8 Å². The minimum absolute atomic E-state index is 0.104. The zero-order valence-corrected chi connectivity index (χ0v) is 13.1. The molecule has 0 saturated heterocycles. The summed E-state index contributed by atoms with van der Waals surface area (Å²) in [6.07, 6.45) is 1.29. The highest BCUT2D eigenvalue weighted by atomic mass is 35.5. The van der Waals surface area contributed by atoms with Crippen molar-refractivity contribution in [1.29, 1.82) is 0 Å². The number of nitrogens with one attached hydrogen (secondary N) is 1. The van der Waals surface area contributed by atoms with Crippen LogP contribution in [0.3, 0.4) is 0 Å². The van der Waals surface area contributed by atoms with Crippen molar-refractivity contribution in [1.82, 2.24) is 5.32 Å². The maximum absolute atomic E-state index is 11.9. The Kier molecular flexibility index (Phi) is 6.59. The summed E-state index contributed by atoms with van der Waals surface area (Å²) in [4.78, 5) is 11.9. The van der Waals surface area contributed by atoms with E-state index in [4.69, 9.17) is 27.9 Å². The van der Waals surface area contributed by atoms with Gasteiger partial charge in [0.05, 0.1) is 17.2 Å². The van der Waals surface area contributed by atoms with Crippen LogP contribution in [-0.4, -0.2) is 29.8 Å². The molecule has 0 saturated carbocycles. The van der Waals surface area contributed by atoms with E-state index < -0.39 is 5.54 Å². The van der Waals surface area contributed by atoms with Crippen molar-refractivity contribution in [3.8, 4) is 5.75 Å². The molecule has 4 nitrogen and oxygen atoms in total. The number of ether oxygens (including phenoxy) is 1. The van der Waals surface area contributed by atoms with E-state index in [1.54, 1.807) is 18.2 Å². The third-order valence-corrected chi connectivity index (χ3v) is 3.84. The minimum Gasteiger partial charge on any atom is -0.482 e. The highest BCUT2D eigenvalue weighted by Gasteiger charge is 2.27. The van der Waals surface area contributed by atoms with Gasteiger partial charge in [-0.1, -0.05) is 37.0 Å². The minimum atomic E-state index is -0.593.